The molecule has 4 aromatic carbocycles. The van der Waals surface area contributed by atoms with Crippen LogP contribution in [0.5, 0.6) is 17.2 Å². The van der Waals surface area contributed by atoms with Crippen LogP contribution in [0.1, 0.15) is 0 Å². The summed E-state index contributed by atoms with van der Waals surface area (Å²) in [6, 6.07) is 29.8. The first kappa shape index (κ1) is 20.4. The summed E-state index contributed by atoms with van der Waals surface area (Å²) in [6.45, 7) is 0. The van der Waals surface area contributed by atoms with E-state index in [4.69, 9.17) is 25.0 Å². The van der Waals surface area contributed by atoms with E-state index in [9.17, 15) is 4.57 Å². The standard InChI is InChI=1S/C24H21N2O4P/c25-19-10-14-21(15-11-19)28-31(27,29-22-16-12-20(26)13-17-22)30-24-9-5-4-8-23(24)18-6-2-1-3-7-18/h1-17H,25-26H2. The summed E-state index contributed by atoms with van der Waals surface area (Å²) >= 11 is 0. The van der Waals surface area contributed by atoms with Crippen LogP contribution < -0.4 is 25.0 Å². The molecule has 0 atom stereocenters. The van der Waals surface area contributed by atoms with Gasteiger partial charge in [0.2, 0.25) is 0 Å². The van der Waals surface area contributed by atoms with Crippen LogP contribution in [-0.4, -0.2) is 0 Å². The molecular formula is C24H21N2O4P. The Labute approximate surface area is 180 Å². The lowest BCUT2D eigenvalue weighted by atomic mass is 10.1. The van der Waals surface area contributed by atoms with Crippen LogP contribution in [0.15, 0.2) is 103 Å². The lowest BCUT2D eigenvalue weighted by Crippen LogP contribution is -2.08. The van der Waals surface area contributed by atoms with Gasteiger partial charge in [0.25, 0.3) is 0 Å². The molecule has 4 aromatic rings. The maximum atomic E-state index is 13.7. The summed E-state index contributed by atoms with van der Waals surface area (Å²) in [5, 5.41) is 0. The monoisotopic (exact) mass is 432 g/mol. The highest BCUT2D eigenvalue weighted by molar-refractivity contribution is 7.49. The molecule has 0 radical (unpaired) electrons. The van der Waals surface area contributed by atoms with Gasteiger partial charge < -0.3 is 25.0 Å². The maximum absolute atomic E-state index is 13.7. The Morgan fingerprint density at radius 3 is 1.58 bits per heavy atom. The number of phosphoric acid groups is 1. The summed E-state index contributed by atoms with van der Waals surface area (Å²) in [6.07, 6.45) is 0. The van der Waals surface area contributed by atoms with Crippen molar-refractivity contribution >= 4 is 19.2 Å². The molecule has 0 aromatic heterocycles. The third-order valence-corrected chi connectivity index (χ3v) is 5.67. The fourth-order valence-corrected chi connectivity index (χ4v) is 4.17. The van der Waals surface area contributed by atoms with Gasteiger partial charge in [-0.15, -0.1) is 0 Å². The molecule has 6 nitrogen and oxygen atoms in total. The minimum atomic E-state index is -4.14. The molecule has 0 saturated carbocycles. The van der Waals surface area contributed by atoms with E-state index in [0.29, 0.717) is 28.6 Å². The number of rotatable bonds is 7. The lowest BCUT2D eigenvalue weighted by molar-refractivity contribution is 0.299. The van der Waals surface area contributed by atoms with E-state index in [1.165, 1.54) is 0 Å². The van der Waals surface area contributed by atoms with Crippen molar-refractivity contribution < 1.29 is 18.1 Å². The number of nitrogens with two attached hydrogens (primary N) is 2. The molecule has 0 amide bonds. The average Bonchev–Trinajstić information content (AvgIpc) is 2.78. The Morgan fingerprint density at radius 2 is 1.03 bits per heavy atom. The van der Waals surface area contributed by atoms with Crippen molar-refractivity contribution in [3.05, 3.63) is 103 Å². The van der Waals surface area contributed by atoms with Gasteiger partial charge >= 0.3 is 7.82 Å². The van der Waals surface area contributed by atoms with Crippen LogP contribution in [0, 0.1) is 0 Å². The van der Waals surface area contributed by atoms with E-state index in [1.807, 2.05) is 42.5 Å². The highest BCUT2D eigenvalue weighted by Crippen LogP contribution is 2.51. The molecule has 0 spiro atoms. The summed E-state index contributed by atoms with van der Waals surface area (Å²) in [4.78, 5) is 0. The zero-order valence-electron chi connectivity index (χ0n) is 16.5. The van der Waals surface area contributed by atoms with E-state index in [1.54, 1.807) is 60.7 Å². The van der Waals surface area contributed by atoms with E-state index < -0.39 is 7.82 Å². The van der Waals surface area contributed by atoms with Gasteiger partial charge in [-0.2, -0.15) is 4.57 Å². The normalized spacial score (nSPS) is 11.0. The van der Waals surface area contributed by atoms with Crippen LogP contribution >= 0.6 is 7.82 Å². The average molecular weight is 432 g/mol. The third kappa shape index (κ3) is 5.18. The van der Waals surface area contributed by atoms with Gasteiger partial charge in [0.05, 0.1) is 0 Å². The van der Waals surface area contributed by atoms with Crippen molar-refractivity contribution in [2.24, 2.45) is 0 Å². The van der Waals surface area contributed by atoms with Gasteiger partial charge in [0, 0.05) is 16.9 Å². The first-order valence-electron chi connectivity index (χ1n) is 9.55. The summed E-state index contributed by atoms with van der Waals surface area (Å²) in [7, 11) is -4.14. The Morgan fingerprint density at radius 1 is 0.548 bits per heavy atom. The Bertz CT molecular complexity index is 1140. The highest BCUT2D eigenvalue weighted by atomic mass is 31.2. The van der Waals surface area contributed by atoms with E-state index in [0.717, 1.165) is 11.1 Å². The summed E-state index contributed by atoms with van der Waals surface area (Å²) in [5.41, 5.74) is 14.2. The molecule has 0 fully saturated rings. The van der Waals surface area contributed by atoms with Gasteiger partial charge in [0.15, 0.2) is 0 Å². The van der Waals surface area contributed by atoms with Crippen molar-refractivity contribution in [2.75, 3.05) is 11.5 Å². The molecule has 4 rings (SSSR count). The number of hydrogen-bond donors (Lipinski definition) is 2. The molecule has 0 aliphatic carbocycles. The molecule has 7 heteroatoms. The first-order chi connectivity index (χ1) is 15.0. The number of phosphoric ester groups is 1. The molecule has 31 heavy (non-hydrogen) atoms. The summed E-state index contributed by atoms with van der Waals surface area (Å²) < 4.78 is 31.1. The van der Waals surface area contributed by atoms with Crippen molar-refractivity contribution in [2.45, 2.75) is 0 Å². The Kier molecular flexibility index (Phi) is 5.83. The number of para-hydroxylation sites is 1. The topological polar surface area (TPSA) is 96.8 Å². The minimum Gasteiger partial charge on any atom is -0.399 e. The molecule has 0 aliphatic heterocycles. The molecular weight excluding hydrogens is 411 g/mol. The van der Waals surface area contributed by atoms with Crippen LogP contribution in [-0.2, 0) is 4.57 Å². The van der Waals surface area contributed by atoms with Crippen molar-refractivity contribution in [3.63, 3.8) is 0 Å². The second-order valence-electron chi connectivity index (χ2n) is 6.72. The Balaban J connectivity index is 1.70. The van der Waals surface area contributed by atoms with Crippen LogP contribution in [0.25, 0.3) is 11.1 Å². The number of nitrogen functional groups attached to an aromatic ring is 2. The maximum Gasteiger partial charge on any atom is 0.647 e. The largest absolute Gasteiger partial charge is 0.647 e. The quantitative estimate of drug-likeness (QED) is 0.268. The number of hydrogen-bond acceptors (Lipinski definition) is 6. The fraction of sp³-hybridized carbons (Fsp3) is 0. The van der Waals surface area contributed by atoms with E-state index in [2.05, 4.69) is 0 Å². The smallest absolute Gasteiger partial charge is 0.399 e. The highest BCUT2D eigenvalue weighted by Gasteiger charge is 2.34. The predicted molar refractivity (Wildman–Crippen MR) is 123 cm³/mol. The van der Waals surface area contributed by atoms with E-state index in [-0.39, 0.29) is 0 Å². The third-order valence-electron chi connectivity index (χ3n) is 4.38. The second kappa shape index (κ2) is 8.86. The Hall–Kier alpha value is -3.89. The first-order valence-corrected chi connectivity index (χ1v) is 11.0. The van der Waals surface area contributed by atoms with Crippen molar-refractivity contribution in [1.29, 1.82) is 0 Å². The van der Waals surface area contributed by atoms with Gasteiger partial charge in [-0.1, -0.05) is 48.5 Å². The molecule has 156 valence electrons. The fourth-order valence-electron chi connectivity index (χ4n) is 2.89. The van der Waals surface area contributed by atoms with Crippen LogP contribution in [0.2, 0.25) is 0 Å². The van der Waals surface area contributed by atoms with Crippen molar-refractivity contribution in [3.8, 4) is 28.4 Å². The number of anilines is 2. The van der Waals surface area contributed by atoms with Crippen molar-refractivity contribution in [1.82, 2.24) is 0 Å². The number of benzene rings is 4. The lowest BCUT2D eigenvalue weighted by Gasteiger charge is -2.21. The second-order valence-corrected chi connectivity index (χ2v) is 8.16. The molecule has 0 saturated heterocycles. The predicted octanol–water partition coefficient (Wildman–Crippen LogP) is 6.16. The molecule has 0 heterocycles. The van der Waals surface area contributed by atoms with Gasteiger partial charge in [0.1, 0.15) is 17.2 Å². The zero-order chi connectivity index (χ0) is 21.7. The molecule has 0 unspecified atom stereocenters. The molecule has 0 bridgehead atoms. The van der Waals surface area contributed by atoms with Gasteiger partial charge in [-0.3, -0.25) is 0 Å². The SMILES string of the molecule is Nc1ccc(OP(=O)(Oc2ccc(N)cc2)Oc2ccccc2-c2ccccc2)cc1. The zero-order valence-corrected chi connectivity index (χ0v) is 17.4. The van der Waals surface area contributed by atoms with Gasteiger partial charge in [-0.25, -0.2) is 0 Å². The molecule has 0 aliphatic rings. The minimum absolute atomic E-state index is 0.296. The van der Waals surface area contributed by atoms with Crippen LogP contribution in [0.3, 0.4) is 0 Å². The summed E-state index contributed by atoms with van der Waals surface area (Å²) in [5.74, 6) is 0.957. The van der Waals surface area contributed by atoms with E-state index >= 15 is 0 Å². The van der Waals surface area contributed by atoms with Crippen LogP contribution in [0.4, 0.5) is 11.4 Å². The van der Waals surface area contributed by atoms with Gasteiger partial charge in [-0.05, 0) is 60.2 Å². The molecule has 4 N–H and O–H groups in total.